The van der Waals surface area contributed by atoms with Crippen LogP contribution in [0.25, 0.3) is 10.9 Å². The number of hydrogen-bond acceptors (Lipinski definition) is 10. The molecule has 1 fully saturated rings. The van der Waals surface area contributed by atoms with Gasteiger partial charge in [0.05, 0.1) is 34.6 Å². The summed E-state index contributed by atoms with van der Waals surface area (Å²) < 4.78 is 31.7. The fourth-order valence-electron chi connectivity index (χ4n) is 5.30. The van der Waals surface area contributed by atoms with Gasteiger partial charge in [-0.15, -0.1) is 0 Å². The van der Waals surface area contributed by atoms with Gasteiger partial charge in [-0.1, -0.05) is 31.2 Å². The second kappa shape index (κ2) is 13.4. The van der Waals surface area contributed by atoms with Crippen molar-refractivity contribution >= 4 is 49.6 Å². The lowest BCUT2D eigenvalue weighted by Crippen LogP contribution is -2.43. The molecule has 0 atom stereocenters. The normalized spacial score (nSPS) is 14.2. The Kier molecular flexibility index (Phi) is 9.41. The van der Waals surface area contributed by atoms with E-state index in [1.54, 1.807) is 31.4 Å². The van der Waals surface area contributed by atoms with Gasteiger partial charge in [-0.25, -0.2) is 13.4 Å². The predicted octanol–water partition coefficient (Wildman–Crippen LogP) is 4.83. The zero-order valence-electron chi connectivity index (χ0n) is 24.1. The SMILES string of the molecule is CCCS(=O)(=O)c1ccccc1Nc1nc(Nc2ccc(N3CCC(NCCN)CC3)cc2OC)nc2ccccc12. The Hall–Kier alpha value is -3.93. The summed E-state index contributed by atoms with van der Waals surface area (Å²) in [5.41, 5.74) is 8.66. The molecule has 1 aliphatic heterocycles. The molecule has 222 valence electrons. The third-order valence-corrected chi connectivity index (χ3v) is 9.39. The third kappa shape index (κ3) is 6.75. The number of nitrogens with zero attached hydrogens (tertiary/aromatic N) is 3. The van der Waals surface area contributed by atoms with E-state index in [0.717, 1.165) is 49.2 Å². The number of hydrogen-bond donors (Lipinski definition) is 4. The van der Waals surface area contributed by atoms with Crippen LogP contribution in [0.15, 0.2) is 71.6 Å². The first-order chi connectivity index (χ1) is 20.4. The van der Waals surface area contributed by atoms with Crippen molar-refractivity contribution in [1.82, 2.24) is 15.3 Å². The van der Waals surface area contributed by atoms with E-state index < -0.39 is 9.84 Å². The van der Waals surface area contributed by atoms with Gasteiger partial charge in [0.15, 0.2) is 9.84 Å². The van der Waals surface area contributed by atoms with Gasteiger partial charge in [0.25, 0.3) is 0 Å². The maximum atomic E-state index is 13.0. The Morgan fingerprint density at radius 1 is 0.976 bits per heavy atom. The fourth-order valence-corrected chi connectivity index (χ4v) is 6.80. The smallest absolute Gasteiger partial charge is 0.229 e. The lowest BCUT2D eigenvalue weighted by atomic mass is 10.0. The zero-order valence-corrected chi connectivity index (χ0v) is 25.0. The van der Waals surface area contributed by atoms with Gasteiger partial charge < -0.3 is 31.3 Å². The molecular weight excluding hydrogens is 550 g/mol. The summed E-state index contributed by atoms with van der Waals surface area (Å²) in [7, 11) is -1.81. The van der Waals surface area contributed by atoms with Gasteiger partial charge in [-0.05, 0) is 55.7 Å². The average molecular weight is 590 g/mol. The highest BCUT2D eigenvalue weighted by atomic mass is 32.2. The van der Waals surface area contributed by atoms with Gasteiger partial charge in [0, 0.05) is 49.4 Å². The average Bonchev–Trinajstić information content (AvgIpc) is 3.01. The largest absolute Gasteiger partial charge is 0.494 e. The molecule has 3 aromatic carbocycles. The van der Waals surface area contributed by atoms with Crippen LogP contribution in [0.4, 0.5) is 28.8 Å². The van der Waals surface area contributed by atoms with Crippen molar-refractivity contribution in [3.63, 3.8) is 0 Å². The molecule has 0 radical (unpaired) electrons. The number of aromatic nitrogens is 2. The minimum atomic E-state index is -3.45. The number of nitrogens with one attached hydrogen (secondary N) is 3. The highest BCUT2D eigenvalue weighted by Gasteiger charge is 2.21. The summed E-state index contributed by atoms with van der Waals surface area (Å²) in [5, 5.41) is 10.9. The van der Waals surface area contributed by atoms with Crippen LogP contribution >= 0.6 is 0 Å². The van der Waals surface area contributed by atoms with Crippen LogP contribution in [-0.4, -0.2) is 63.5 Å². The molecule has 0 amide bonds. The highest BCUT2D eigenvalue weighted by molar-refractivity contribution is 7.91. The maximum absolute atomic E-state index is 13.0. The van der Waals surface area contributed by atoms with Crippen LogP contribution in [0, 0.1) is 0 Å². The minimum absolute atomic E-state index is 0.0714. The Morgan fingerprint density at radius 2 is 1.74 bits per heavy atom. The van der Waals surface area contributed by atoms with Gasteiger partial charge in [0.2, 0.25) is 5.95 Å². The van der Waals surface area contributed by atoms with Crippen LogP contribution in [-0.2, 0) is 9.84 Å². The molecule has 0 unspecified atom stereocenters. The molecule has 10 nitrogen and oxygen atoms in total. The van der Waals surface area contributed by atoms with Gasteiger partial charge in [-0.2, -0.15) is 4.98 Å². The molecular formula is C31H39N7O3S. The number of methoxy groups -OCH3 is 1. The van der Waals surface area contributed by atoms with Crippen molar-refractivity contribution in [1.29, 1.82) is 0 Å². The molecule has 5 rings (SSSR count). The fraction of sp³-hybridized carbons (Fsp3) is 0.355. The van der Waals surface area contributed by atoms with Crippen LogP contribution in [0.5, 0.6) is 5.75 Å². The predicted molar refractivity (Wildman–Crippen MR) is 170 cm³/mol. The number of fused-ring (bicyclic) bond motifs is 1. The van der Waals surface area contributed by atoms with Crippen molar-refractivity contribution in [2.45, 2.75) is 37.1 Å². The van der Waals surface area contributed by atoms with Crippen molar-refractivity contribution in [3.05, 3.63) is 66.7 Å². The second-order valence-electron chi connectivity index (χ2n) is 10.4. The topological polar surface area (TPSA) is 134 Å². The van der Waals surface area contributed by atoms with Crippen molar-refractivity contribution < 1.29 is 13.2 Å². The molecule has 4 aromatic rings. The zero-order chi connectivity index (χ0) is 29.5. The molecule has 1 aliphatic rings. The number of rotatable bonds is 12. The molecule has 11 heteroatoms. The summed E-state index contributed by atoms with van der Waals surface area (Å²) in [4.78, 5) is 12.1. The van der Waals surface area contributed by atoms with Crippen LogP contribution in [0.1, 0.15) is 26.2 Å². The molecule has 42 heavy (non-hydrogen) atoms. The van der Waals surface area contributed by atoms with E-state index in [2.05, 4.69) is 26.9 Å². The van der Waals surface area contributed by atoms with Gasteiger partial charge >= 0.3 is 0 Å². The number of nitrogens with two attached hydrogens (primary N) is 1. The summed E-state index contributed by atoms with van der Waals surface area (Å²) in [6.07, 6.45) is 2.66. The number of ether oxygens (including phenoxy) is 1. The lowest BCUT2D eigenvalue weighted by molar-refractivity contribution is 0.412. The monoisotopic (exact) mass is 589 g/mol. The summed E-state index contributed by atoms with van der Waals surface area (Å²) in [6, 6.07) is 21.1. The first-order valence-electron chi connectivity index (χ1n) is 14.4. The molecule has 1 saturated heterocycles. The van der Waals surface area contributed by atoms with Crippen LogP contribution in [0.2, 0.25) is 0 Å². The Bertz CT molecular complexity index is 1620. The van der Waals surface area contributed by atoms with E-state index in [9.17, 15) is 8.42 Å². The molecule has 0 spiro atoms. The number of anilines is 5. The Labute approximate surface area is 247 Å². The molecule has 0 bridgehead atoms. The molecule has 0 aliphatic carbocycles. The highest BCUT2D eigenvalue weighted by Crippen LogP contribution is 2.34. The van der Waals surface area contributed by atoms with Crippen molar-refractivity contribution in [2.24, 2.45) is 5.73 Å². The molecule has 2 heterocycles. The van der Waals surface area contributed by atoms with Crippen LogP contribution in [0.3, 0.4) is 0 Å². The lowest BCUT2D eigenvalue weighted by Gasteiger charge is -2.34. The number of piperidine rings is 1. The number of sulfone groups is 1. The second-order valence-corrected chi connectivity index (χ2v) is 12.4. The van der Waals surface area contributed by atoms with Crippen molar-refractivity contribution in [3.8, 4) is 5.75 Å². The summed E-state index contributed by atoms with van der Waals surface area (Å²) >= 11 is 0. The molecule has 0 saturated carbocycles. The Balaban J connectivity index is 1.41. The van der Waals surface area contributed by atoms with E-state index in [0.29, 0.717) is 47.7 Å². The first kappa shape index (κ1) is 29.6. The van der Waals surface area contributed by atoms with E-state index in [-0.39, 0.29) is 10.6 Å². The Morgan fingerprint density at radius 3 is 2.50 bits per heavy atom. The minimum Gasteiger partial charge on any atom is -0.494 e. The number of para-hydroxylation sites is 2. The maximum Gasteiger partial charge on any atom is 0.229 e. The van der Waals surface area contributed by atoms with Gasteiger partial charge in [-0.3, -0.25) is 0 Å². The van der Waals surface area contributed by atoms with E-state index in [1.165, 1.54) is 0 Å². The standard InChI is InChI=1S/C31H39N7O3S/c1-3-20-42(39,40)29-11-7-6-10-27(29)34-30-24-8-4-5-9-25(24)35-31(37-30)36-26-13-12-23(21-28(26)41-2)38-18-14-22(15-19-38)33-17-16-32/h4-13,21-22,33H,3,14-20,32H2,1-2H3,(H2,34,35,36,37). The van der Waals surface area contributed by atoms with E-state index >= 15 is 0 Å². The van der Waals surface area contributed by atoms with Gasteiger partial charge in [0.1, 0.15) is 11.6 Å². The molecule has 1 aromatic heterocycles. The summed E-state index contributed by atoms with van der Waals surface area (Å²) in [5.74, 6) is 1.62. The quantitative estimate of drug-likeness (QED) is 0.182. The van der Waals surface area contributed by atoms with Crippen molar-refractivity contribution in [2.75, 3.05) is 54.6 Å². The summed E-state index contributed by atoms with van der Waals surface area (Å²) in [6.45, 7) is 5.26. The molecule has 5 N–H and O–H groups in total. The third-order valence-electron chi connectivity index (χ3n) is 7.42. The van der Waals surface area contributed by atoms with Crippen LogP contribution < -0.4 is 31.3 Å². The van der Waals surface area contributed by atoms with E-state index in [4.69, 9.17) is 20.4 Å². The first-order valence-corrected chi connectivity index (χ1v) is 16.1. The number of benzene rings is 3. The van der Waals surface area contributed by atoms with E-state index in [1.807, 2.05) is 43.3 Å².